The number of hydrogen-bond donors (Lipinski definition) is 2. The molecule has 2 N–H and O–H groups in total. The highest BCUT2D eigenvalue weighted by molar-refractivity contribution is 5.89. The van der Waals surface area contributed by atoms with Gasteiger partial charge in [-0.1, -0.05) is 12.1 Å². The van der Waals surface area contributed by atoms with Crippen LogP contribution in [-0.2, 0) is 4.74 Å². The number of aryl methyl sites for hydroxylation is 1. The monoisotopic (exact) mass is 328 g/mol. The number of carbonyl (C=O) groups is 1. The molecule has 3 rings (SSSR count). The van der Waals surface area contributed by atoms with E-state index in [9.17, 15) is 4.79 Å². The average molecular weight is 328 g/mol. The number of ether oxygens (including phenoxy) is 1. The SMILES string of the molecule is Cc1nccn1[C@@H](C)c1ccc(NC(=O)NC[C@@H]2CCCO2)cc1. The fourth-order valence-electron chi connectivity index (χ4n) is 2.99. The fourth-order valence-corrected chi connectivity index (χ4v) is 2.99. The molecule has 1 aliphatic heterocycles. The molecule has 6 nitrogen and oxygen atoms in total. The molecule has 1 fully saturated rings. The van der Waals surface area contributed by atoms with Crippen molar-refractivity contribution in [3.63, 3.8) is 0 Å². The van der Waals surface area contributed by atoms with Crippen molar-refractivity contribution < 1.29 is 9.53 Å². The van der Waals surface area contributed by atoms with Gasteiger partial charge in [0, 0.05) is 31.2 Å². The average Bonchev–Trinajstić information content (AvgIpc) is 3.24. The van der Waals surface area contributed by atoms with Crippen LogP contribution in [0.3, 0.4) is 0 Å². The van der Waals surface area contributed by atoms with Crippen LogP contribution in [0.1, 0.15) is 37.2 Å². The summed E-state index contributed by atoms with van der Waals surface area (Å²) in [5.41, 5.74) is 1.94. The van der Waals surface area contributed by atoms with Gasteiger partial charge in [0.2, 0.25) is 0 Å². The number of urea groups is 1. The van der Waals surface area contributed by atoms with E-state index in [1.165, 1.54) is 5.56 Å². The second kappa shape index (κ2) is 7.49. The lowest BCUT2D eigenvalue weighted by Crippen LogP contribution is -2.35. The molecular formula is C18H24N4O2. The number of benzene rings is 1. The molecule has 1 saturated heterocycles. The molecule has 1 aromatic heterocycles. The number of hydrogen-bond acceptors (Lipinski definition) is 3. The molecule has 0 bridgehead atoms. The van der Waals surface area contributed by atoms with E-state index in [1.54, 1.807) is 6.20 Å². The first-order chi connectivity index (χ1) is 11.6. The topological polar surface area (TPSA) is 68.2 Å². The second-order valence-electron chi connectivity index (χ2n) is 6.15. The molecule has 0 unspecified atom stereocenters. The van der Waals surface area contributed by atoms with Gasteiger partial charge in [-0.25, -0.2) is 9.78 Å². The molecule has 128 valence electrons. The third kappa shape index (κ3) is 3.94. The standard InChI is InChI=1S/C18H24N4O2/c1-13(22-10-9-19-14(22)2)15-5-7-16(8-6-15)21-18(23)20-12-17-4-3-11-24-17/h5-10,13,17H,3-4,11-12H2,1-2H3,(H2,20,21,23)/t13-,17-/m0/s1. The molecule has 0 spiro atoms. The lowest BCUT2D eigenvalue weighted by molar-refractivity contribution is 0.112. The van der Waals surface area contributed by atoms with Crippen molar-refractivity contribution in [2.24, 2.45) is 0 Å². The van der Waals surface area contributed by atoms with Crippen LogP contribution >= 0.6 is 0 Å². The number of anilines is 1. The number of nitrogens with one attached hydrogen (secondary N) is 2. The minimum Gasteiger partial charge on any atom is -0.376 e. The zero-order valence-electron chi connectivity index (χ0n) is 14.2. The summed E-state index contributed by atoms with van der Waals surface area (Å²) in [6.07, 6.45) is 6.02. The Morgan fingerprint density at radius 1 is 1.42 bits per heavy atom. The smallest absolute Gasteiger partial charge is 0.319 e. The Labute approximate surface area is 142 Å². The Balaban J connectivity index is 1.54. The molecule has 1 aliphatic rings. The summed E-state index contributed by atoms with van der Waals surface area (Å²) in [4.78, 5) is 16.2. The van der Waals surface area contributed by atoms with Crippen molar-refractivity contribution >= 4 is 11.7 Å². The molecule has 0 radical (unpaired) electrons. The summed E-state index contributed by atoms with van der Waals surface area (Å²) in [6.45, 7) is 5.47. The van der Waals surface area contributed by atoms with Gasteiger partial charge in [-0.3, -0.25) is 0 Å². The van der Waals surface area contributed by atoms with Gasteiger partial charge in [0.1, 0.15) is 5.82 Å². The Bertz CT molecular complexity index is 675. The number of carbonyl (C=O) groups excluding carboxylic acids is 1. The van der Waals surface area contributed by atoms with Gasteiger partial charge in [0.15, 0.2) is 0 Å². The zero-order chi connectivity index (χ0) is 16.9. The first-order valence-electron chi connectivity index (χ1n) is 8.39. The molecule has 24 heavy (non-hydrogen) atoms. The lowest BCUT2D eigenvalue weighted by atomic mass is 10.1. The first kappa shape index (κ1) is 16.5. The van der Waals surface area contributed by atoms with Gasteiger partial charge in [0.05, 0.1) is 12.1 Å². The highest BCUT2D eigenvalue weighted by Crippen LogP contribution is 2.21. The normalized spacial score (nSPS) is 18.3. The van der Waals surface area contributed by atoms with Gasteiger partial charge in [-0.05, 0) is 44.4 Å². The van der Waals surface area contributed by atoms with Crippen molar-refractivity contribution in [1.29, 1.82) is 0 Å². The predicted octanol–water partition coefficient (Wildman–Crippen LogP) is 3.10. The highest BCUT2D eigenvalue weighted by Gasteiger charge is 2.16. The minimum atomic E-state index is -0.197. The number of imidazole rings is 1. The Kier molecular flexibility index (Phi) is 5.15. The second-order valence-corrected chi connectivity index (χ2v) is 6.15. The summed E-state index contributed by atoms with van der Waals surface area (Å²) in [5, 5.41) is 5.71. The molecule has 0 saturated carbocycles. The van der Waals surface area contributed by atoms with Crippen LogP contribution in [0.5, 0.6) is 0 Å². The van der Waals surface area contributed by atoms with Gasteiger partial charge in [0.25, 0.3) is 0 Å². The lowest BCUT2D eigenvalue weighted by Gasteiger charge is -2.16. The number of nitrogens with zero attached hydrogens (tertiary/aromatic N) is 2. The van der Waals surface area contributed by atoms with Crippen LogP contribution in [-0.4, -0.2) is 34.8 Å². The molecule has 2 heterocycles. The number of rotatable bonds is 5. The van der Waals surface area contributed by atoms with E-state index in [1.807, 2.05) is 37.4 Å². The fraction of sp³-hybridized carbons (Fsp3) is 0.444. The maximum Gasteiger partial charge on any atom is 0.319 e. The van der Waals surface area contributed by atoms with Crippen molar-refractivity contribution in [3.8, 4) is 0 Å². The Hall–Kier alpha value is -2.34. The van der Waals surface area contributed by atoms with E-state index in [0.29, 0.717) is 6.54 Å². The number of aromatic nitrogens is 2. The first-order valence-corrected chi connectivity index (χ1v) is 8.39. The summed E-state index contributed by atoms with van der Waals surface area (Å²) in [6, 6.07) is 7.90. The van der Waals surface area contributed by atoms with Crippen molar-refractivity contribution in [2.45, 2.75) is 38.8 Å². The maximum absolute atomic E-state index is 11.9. The molecule has 1 aromatic carbocycles. The van der Waals surface area contributed by atoms with Crippen LogP contribution in [0.15, 0.2) is 36.7 Å². The largest absolute Gasteiger partial charge is 0.376 e. The van der Waals surface area contributed by atoms with Gasteiger partial charge in [-0.2, -0.15) is 0 Å². The molecule has 2 atom stereocenters. The van der Waals surface area contributed by atoms with Gasteiger partial charge in [-0.15, -0.1) is 0 Å². The minimum absolute atomic E-state index is 0.150. The van der Waals surface area contributed by atoms with E-state index < -0.39 is 0 Å². The van der Waals surface area contributed by atoms with Gasteiger partial charge < -0.3 is 19.9 Å². The van der Waals surface area contributed by atoms with Gasteiger partial charge >= 0.3 is 6.03 Å². The predicted molar refractivity (Wildman–Crippen MR) is 93.2 cm³/mol. The third-order valence-electron chi connectivity index (χ3n) is 4.44. The Morgan fingerprint density at radius 2 is 2.21 bits per heavy atom. The molecule has 2 amide bonds. The van der Waals surface area contributed by atoms with Crippen molar-refractivity contribution in [3.05, 3.63) is 48.0 Å². The van der Waals surface area contributed by atoms with Crippen LogP contribution in [0.4, 0.5) is 10.5 Å². The van der Waals surface area contributed by atoms with Crippen LogP contribution in [0, 0.1) is 6.92 Å². The summed E-state index contributed by atoms with van der Waals surface area (Å²) < 4.78 is 7.61. The van der Waals surface area contributed by atoms with E-state index >= 15 is 0 Å². The summed E-state index contributed by atoms with van der Waals surface area (Å²) in [5.74, 6) is 0.984. The third-order valence-corrected chi connectivity index (χ3v) is 4.44. The van der Waals surface area contributed by atoms with E-state index in [2.05, 4.69) is 27.1 Å². The van der Waals surface area contributed by atoms with Crippen LogP contribution in [0.25, 0.3) is 0 Å². The van der Waals surface area contributed by atoms with E-state index in [4.69, 9.17) is 4.74 Å². The van der Waals surface area contributed by atoms with E-state index in [-0.39, 0.29) is 18.2 Å². The van der Waals surface area contributed by atoms with Crippen molar-refractivity contribution in [1.82, 2.24) is 14.9 Å². The zero-order valence-corrected chi connectivity index (χ0v) is 14.2. The molecule has 0 aliphatic carbocycles. The molecule has 6 heteroatoms. The quantitative estimate of drug-likeness (QED) is 0.886. The maximum atomic E-state index is 11.9. The van der Waals surface area contributed by atoms with E-state index in [0.717, 1.165) is 31.0 Å². The Morgan fingerprint density at radius 3 is 2.83 bits per heavy atom. The van der Waals surface area contributed by atoms with Crippen LogP contribution < -0.4 is 10.6 Å². The van der Waals surface area contributed by atoms with Crippen molar-refractivity contribution in [2.75, 3.05) is 18.5 Å². The number of amides is 2. The summed E-state index contributed by atoms with van der Waals surface area (Å²) in [7, 11) is 0. The molecular weight excluding hydrogens is 304 g/mol. The highest BCUT2D eigenvalue weighted by atomic mass is 16.5. The molecule has 2 aromatic rings. The van der Waals surface area contributed by atoms with Crippen LogP contribution in [0.2, 0.25) is 0 Å². The summed E-state index contributed by atoms with van der Waals surface area (Å²) >= 11 is 0.